The third-order valence-corrected chi connectivity index (χ3v) is 1.52. The fourth-order valence-electron chi connectivity index (χ4n) is 0.738. The maximum absolute atomic E-state index is 9.26. The Labute approximate surface area is 75.2 Å². The van der Waals surface area contributed by atoms with Gasteiger partial charge in [0.1, 0.15) is 12.9 Å². The number of rotatable bonds is 2. The minimum absolute atomic E-state index is 0.125. The minimum atomic E-state index is 0.125. The highest BCUT2D eigenvalue weighted by Gasteiger charge is 1.97. The van der Waals surface area contributed by atoms with Crippen LogP contribution in [0.15, 0.2) is 23.4 Å². The first kappa shape index (κ1) is 8.87. The monoisotopic (exact) mass is 185 g/mol. The summed E-state index contributed by atoms with van der Waals surface area (Å²) < 4.78 is 0. The summed E-state index contributed by atoms with van der Waals surface area (Å²) >= 11 is 5.68. The van der Waals surface area contributed by atoms with Crippen molar-refractivity contribution < 1.29 is 9.94 Å². The van der Waals surface area contributed by atoms with Gasteiger partial charge in [-0.15, -0.1) is 0 Å². The average Bonchev–Trinajstić information content (AvgIpc) is 2.07. The maximum atomic E-state index is 9.26. The van der Waals surface area contributed by atoms with E-state index in [1.54, 1.807) is 12.1 Å². The van der Waals surface area contributed by atoms with Crippen molar-refractivity contribution in [1.82, 2.24) is 0 Å². The molecule has 0 saturated heterocycles. The summed E-state index contributed by atoms with van der Waals surface area (Å²) in [6.07, 6.45) is 1.39. The Morgan fingerprint density at radius 3 is 3.00 bits per heavy atom. The van der Waals surface area contributed by atoms with Crippen LogP contribution in [-0.4, -0.2) is 18.4 Å². The van der Waals surface area contributed by atoms with Crippen LogP contribution >= 0.6 is 11.6 Å². The number of phenols is 1. The molecule has 1 rings (SSSR count). The van der Waals surface area contributed by atoms with Gasteiger partial charge in [-0.2, -0.15) is 0 Å². The molecule has 64 valence electrons. The first-order chi connectivity index (χ1) is 5.74. The van der Waals surface area contributed by atoms with Crippen LogP contribution in [0.4, 0.5) is 0 Å². The second-order valence-corrected chi connectivity index (χ2v) is 2.56. The van der Waals surface area contributed by atoms with E-state index in [1.165, 1.54) is 19.4 Å². The first-order valence-electron chi connectivity index (χ1n) is 3.29. The number of halogens is 1. The largest absolute Gasteiger partial charge is 0.507 e. The van der Waals surface area contributed by atoms with Crippen LogP contribution in [0.25, 0.3) is 0 Å². The molecule has 0 unspecified atom stereocenters. The molecule has 0 radical (unpaired) electrons. The minimum Gasteiger partial charge on any atom is -0.507 e. The van der Waals surface area contributed by atoms with Crippen LogP contribution in [0.2, 0.25) is 5.02 Å². The molecule has 1 N–H and O–H groups in total. The molecule has 0 spiro atoms. The van der Waals surface area contributed by atoms with E-state index in [9.17, 15) is 5.11 Å². The molecule has 0 saturated carbocycles. The first-order valence-corrected chi connectivity index (χ1v) is 3.67. The van der Waals surface area contributed by atoms with Crippen molar-refractivity contribution in [3.63, 3.8) is 0 Å². The Kier molecular flexibility index (Phi) is 2.94. The van der Waals surface area contributed by atoms with Crippen molar-refractivity contribution in [2.75, 3.05) is 7.11 Å². The molecule has 0 heterocycles. The zero-order chi connectivity index (χ0) is 8.97. The SMILES string of the molecule is CO/N=C/c1cc(Cl)ccc1O. The highest BCUT2D eigenvalue weighted by molar-refractivity contribution is 6.30. The predicted octanol–water partition coefficient (Wildman–Crippen LogP) is 2.03. The Morgan fingerprint density at radius 1 is 1.58 bits per heavy atom. The molecular weight excluding hydrogens is 178 g/mol. The van der Waals surface area contributed by atoms with Gasteiger partial charge >= 0.3 is 0 Å². The molecular formula is C8H8ClNO2. The molecule has 0 aromatic heterocycles. The fraction of sp³-hybridized carbons (Fsp3) is 0.125. The number of oxime groups is 1. The lowest BCUT2D eigenvalue weighted by atomic mass is 10.2. The number of aromatic hydroxyl groups is 1. The molecule has 1 aromatic rings. The lowest BCUT2D eigenvalue weighted by Gasteiger charge is -1.97. The molecule has 1 aromatic carbocycles. The van der Waals surface area contributed by atoms with Crippen molar-refractivity contribution in [3.8, 4) is 5.75 Å². The van der Waals surface area contributed by atoms with Gasteiger partial charge in [0.15, 0.2) is 0 Å². The van der Waals surface area contributed by atoms with Crippen LogP contribution in [-0.2, 0) is 4.84 Å². The summed E-state index contributed by atoms with van der Waals surface area (Å²) in [7, 11) is 1.43. The molecule has 0 aliphatic rings. The molecule has 0 amide bonds. The molecule has 12 heavy (non-hydrogen) atoms. The highest BCUT2D eigenvalue weighted by Crippen LogP contribution is 2.19. The Morgan fingerprint density at radius 2 is 2.33 bits per heavy atom. The van der Waals surface area contributed by atoms with Gasteiger partial charge in [0.2, 0.25) is 0 Å². The van der Waals surface area contributed by atoms with Gasteiger partial charge in [0.05, 0.1) is 6.21 Å². The molecule has 0 atom stereocenters. The van der Waals surface area contributed by atoms with Crippen LogP contribution in [0, 0.1) is 0 Å². The summed E-state index contributed by atoms with van der Waals surface area (Å²) in [5, 5.41) is 13.3. The number of nitrogens with zero attached hydrogens (tertiary/aromatic N) is 1. The van der Waals surface area contributed by atoms with E-state index in [2.05, 4.69) is 9.99 Å². The average molecular weight is 186 g/mol. The molecule has 0 aliphatic carbocycles. The lowest BCUT2D eigenvalue weighted by Crippen LogP contribution is -1.82. The van der Waals surface area contributed by atoms with E-state index in [0.717, 1.165) is 0 Å². The van der Waals surface area contributed by atoms with Crippen molar-refractivity contribution in [2.24, 2.45) is 5.16 Å². The van der Waals surface area contributed by atoms with Crippen LogP contribution < -0.4 is 0 Å². The lowest BCUT2D eigenvalue weighted by molar-refractivity contribution is 0.215. The Hall–Kier alpha value is -1.22. The summed E-state index contributed by atoms with van der Waals surface area (Å²) in [4.78, 5) is 4.46. The van der Waals surface area contributed by atoms with Crippen molar-refractivity contribution >= 4 is 17.8 Å². The topological polar surface area (TPSA) is 41.8 Å². The van der Waals surface area contributed by atoms with Gasteiger partial charge in [-0.3, -0.25) is 0 Å². The van der Waals surface area contributed by atoms with Gasteiger partial charge < -0.3 is 9.94 Å². The zero-order valence-corrected chi connectivity index (χ0v) is 7.25. The number of hydrogen-bond donors (Lipinski definition) is 1. The van der Waals surface area contributed by atoms with Gasteiger partial charge in [-0.1, -0.05) is 16.8 Å². The summed E-state index contributed by atoms with van der Waals surface area (Å²) in [5.74, 6) is 0.125. The van der Waals surface area contributed by atoms with Crippen LogP contribution in [0.3, 0.4) is 0 Å². The van der Waals surface area contributed by atoms with E-state index >= 15 is 0 Å². The smallest absolute Gasteiger partial charge is 0.124 e. The Bertz CT molecular complexity index is 299. The standard InChI is InChI=1S/C8H8ClNO2/c1-12-10-5-6-4-7(9)2-3-8(6)11/h2-5,11H,1H3/b10-5+. The van der Waals surface area contributed by atoms with E-state index in [1.807, 2.05) is 0 Å². The van der Waals surface area contributed by atoms with Gasteiger partial charge in [-0.05, 0) is 18.2 Å². The number of benzene rings is 1. The summed E-state index contributed by atoms with van der Waals surface area (Å²) in [6.45, 7) is 0. The van der Waals surface area contributed by atoms with Crippen LogP contribution in [0.1, 0.15) is 5.56 Å². The highest BCUT2D eigenvalue weighted by atomic mass is 35.5. The van der Waals surface area contributed by atoms with E-state index in [-0.39, 0.29) is 5.75 Å². The Balaban J connectivity index is 2.97. The van der Waals surface area contributed by atoms with Crippen molar-refractivity contribution in [1.29, 1.82) is 0 Å². The third-order valence-electron chi connectivity index (χ3n) is 1.29. The van der Waals surface area contributed by atoms with Crippen molar-refractivity contribution in [2.45, 2.75) is 0 Å². The third kappa shape index (κ3) is 2.13. The summed E-state index contributed by atoms with van der Waals surface area (Å²) in [5.41, 5.74) is 0.532. The predicted molar refractivity (Wildman–Crippen MR) is 47.7 cm³/mol. The molecule has 0 bridgehead atoms. The van der Waals surface area contributed by atoms with Crippen LogP contribution in [0.5, 0.6) is 5.75 Å². The fourth-order valence-corrected chi connectivity index (χ4v) is 0.919. The number of hydrogen-bond acceptors (Lipinski definition) is 3. The zero-order valence-electron chi connectivity index (χ0n) is 6.49. The molecule has 4 heteroatoms. The van der Waals surface area contributed by atoms with E-state index in [4.69, 9.17) is 11.6 Å². The normalized spacial score (nSPS) is 10.5. The summed E-state index contributed by atoms with van der Waals surface area (Å²) in [6, 6.07) is 4.69. The molecule has 0 aliphatic heterocycles. The van der Waals surface area contributed by atoms with E-state index in [0.29, 0.717) is 10.6 Å². The molecule has 3 nitrogen and oxygen atoms in total. The maximum Gasteiger partial charge on any atom is 0.124 e. The molecule has 0 fully saturated rings. The van der Waals surface area contributed by atoms with Gasteiger partial charge in [0.25, 0.3) is 0 Å². The van der Waals surface area contributed by atoms with Crippen molar-refractivity contribution in [3.05, 3.63) is 28.8 Å². The number of phenolic OH excluding ortho intramolecular Hbond substituents is 1. The quantitative estimate of drug-likeness (QED) is 0.566. The van der Waals surface area contributed by atoms with E-state index < -0.39 is 0 Å². The van der Waals surface area contributed by atoms with Gasteiger partial charge in [-0.25, -0.2) is 0 Å². The second kappa shape index (κ2) is 3.97. The second-order valence-electron chi connectivity index (χ2n) is 2.12. The van der Waals surface area contributed by atoms with Gasteiger partial charge in [0, 0.05) is 10.6 Å².